The fourth-order valence-electron chi connectivity index (χ4n) is 4.88. The number of halogens is 3. The van der Waals surface area contributed by atoms with E-state index < -0.39 is 11.9 Å². The van der Waals surface area contributed by atoms with Gasteiger partial charge in [-0.25, -0.2) is 4.79 Å². The van der Waals surface area contributed by atoms with E-state index in [4.69, 9.17) is 54.7 Å². The summed E-state index contributed by atoms with van der Waals surface area (Å²) in [7, 11) is 0. The minimum absolute atomic E-state index is 0.0364. The number of hydrogen-bond acceptors (Lipinski definition) is 7. The molecule has 2 N–H and O–H groups in total. The normalized spacial score (nSPS) is 14.2. The largest absolute Gasteiger partial charge is 0.489 e. The average molecular weight is 648 g/mol. The van der Waals surface area contributed by atoms with Crippen LogP contribution in [0.3, 0.4) is 0 Å². The Morgan fingerprint density at radius 3 is 2.65 bits per heavy atom. The van der Waals surface area contributed by atoms with E-state index in [0.717, 1.165) is 26.8 Å². The van der Waals surface area contributed by atoms with Crippen LogP contribution in [0.15, 0.2) is 90.3 Å². The Balaban J connectivity index is 1.27. The molecule has 1 aliphatic rings. The fourth-order valence-corrected chi connectivity index (χ4v) is 6.83. The van der Waals surface area contributed by atoms with E-state index in [9.17, 15) is 10.1 Å². The molecule has 4 aromatic carbocycles. The summed E-state index contributed by atoms with van der Waals surface area (Å²) >= 11 is 20.1. The van der Waals surface area contributed by atoms with E-state index in [-0.39, 0.29) is 23.8 Å². The zero-order chi connectivity index (χ0) is 30.2. The summed E-state index contributed by atoms with van der Waals surface area (Å²) in [4.78, 5) is 13.4. The number of aryl methyl sites for hydroxylation is 1. The first-order chi connectivity index (χ1) is 20.7. The molecule has 5 aromatic rings. The van der Waals surface area contributed by atoms with Crippen molar-refractivity contribution in [1.82, 2.24) is 0 Å². The molecular formula is C33H21Cl3N2O4S. The molecule has 0 aliphatic carbocycles. The highest BCUT2D eigenvalue weighted by Crippen LogP contribution is 2.44. The lowest BCUT2D eigenvalue weighted by Gasteiger charge is -2.27. The van der Waals surface area contributed by atoms with Crippen LogP contribution in [0.5, 0.6) is 17.2 Å². The summed E-state index contributed by atoms with van der Waals surface area (Å²) in [6, 6.07) is 25.6. The van der Waals surface area contributed by atoms with Crippen molar-refractivity contribution in [2.75, 3.05) is 0 Å². The maximum absolute atomic E-state index is 13.1. The lowest BCUT2D eigenvalue weighted by Crippen LogP contribution is -2.21. The first kappa shape index (κ1) is 28.9. The Kier molecular flexibility index (Phi) is 7.95. The van der Waals surface area contributed by atoms with Crippen LogP contribution >= 0.6 is 46.1 Å². The maximum atomic E-state index is 13.1. The molecule has 0 saturated carbocycles. The van der Waals surface area contributed by atoms with E-state index in [0.29, 0.717) is 37.0 Å². The third kappa shape index (κ3) is 5.75. The Hall–Kier alpha value is -4.19. The van der Waals surface area contributed by atoms with Crippen LogP contribution in [0.1, 0.15) is 37.8 Å². The molecule has 0 amide bonds. The molecule has 214 valence electrons. The minimum Gasteiger partial charge on any atom is -0.489 e. The number of ether oxygens (including phenoxy) is 3. The second-order valence-electron chi connectivity index (χ2n) is 9.86. The first-order valence-electron chi connectivity index (χ1n) is 13.0. The molecule has 1 aromatic heterocycles. The van der Waals surface area contributed by atoms with E-state index in [1.54, 1.807) is 36.4 Å². The van der Waals surface area contributed by atoms with Gasteiger partial charge in [-0.3, -0.25) is 0 Å². The van der Waals surface area contributed by atoms with Gasteiger partial charge in [0.2, 0.25) is 5.88 Å². The number of nitriles is 1. The van der Waals surface area contributed by atoms with Gasteiger partial charge in [-0.05, 0) is 54.4 Å². The SMILES string of the molecule is Cc1ccc2c(Cl)c(C(=O)Oc3ccc4c(c3)OC(N)=C(C#N)C4c3cccc(OCc4ccc(Cl)cc4Cl)c3)sc2c1. The van der Waals surface area contributed by atoms with Gasteiger partial charge >= 0.3 is 5.97 Å². The second kappa shape index (κ2) is 11.8. The van der Waals surface area contributed by atoms with Crippen molar-refractivity contribution in [1.29, 1.82) is 5.26 Å². The fraction of sp³-hybridized carbons (Fsp3) is 0.0909. The summed E-state index contributed by atoms with van der Waals surface area (Å²) in [5.41, 5.74) is 9.75. The van der Waals surface area contributed by atoms with Crippen LogP contribution in [0.2, 0.25) is 15.1 Å². The van der Waals surface area contributed by atoms with Gasteiger partial charge in [0, 0.05) is 37.3 Å². The molecule has 0 bridgehead atoms. The highest BCUT2D eigenvalue weighted by Gasteiger charge is 2.31. The maximum Gasteiger partial charge on any atom is 0.355 e. The predicted octanol–water partition coefficient (Wildman–Crippen LogP) is 9.19. The van der Waals surface area contributed by atoms with Gasteiger partial charge in [0.05, 0.1) is 10.9 Å². The highest BCUT2D eigenvalue weighted by molar-refractivity contribution is 7.21. The van der Waals surface area contributed by atoms with Gasteiger partial charge in [-0.1, -0.05) is 71.2 Å². The standard InChI is InChI=1S/C33H21Cl3N2O4S/c1-17-5-9-24-28(11-17)43-31(30(24)36)33(39)41-22-8-10-23-27(14-22)42-32(38)25(15-37)29(23)18-3-2-4-21(12-18)40-16-19-6-7-20(34)13-26(19)35/h2-14,29H,16,38H2,1H3. The Morgan fingerprint density at radius 2 is 1.86 bits per heavy atom. The molecule has 0 saturated heterocycles. The molecule has 1 unspecified atom stereocenters. The zero-order valence-corrected chi connectivity index (χ0v) is 25.6. The predicted molar refractivity (Wildman–Crippen MR) is 170 cm³/mol. The number of carbonyl (C=O) groups is 1. The number of benzene rings is 4. The monoisotopic (exact) mass is 646 g/mol. The molecule has 43 heavy (non-hydrogen) atoms. The van der Waals surface area contributed by atoms with Gasteiger partial charge in [0.25, 0.3) is 0 Å². The van der Waals surface area contributed by atoms with Crippen molar-refractivity contribution in [3.05, 3.63) is 133 Å². The van der Waals surface area contributed by atoms with E-state index in [2.05, 4.69) is 6.07 Å². The lowest BCUT2D eigenvalue weighted by atomic mass is 9.83. The van der Waals surface area contributed by atoms with Crippen LogP contribution in [-0.4, -0.2) is 5.97 Å². The Morgan fingerprint density at radius 1 is 1.02 bits per heavy atom. The number of hydrogen-bond donors (Lipinski definition) is 1. The van der Waals surface area contributed by atoms with Crippen LogP contribution in [-0.2, 0) is 6.61 Å². The minimum atomic E-state index is -0.581. The van der Waals surface area contributed by atoms with Crippen LogP contribution in [0, 0.1) is 18.3 Å². The third-order valence-electron chi connectivity index (χ3n) is 6.97. The Bertz CT molecular complexity index is 2000. The Labute approximate surface area is 266 Å². The van der Waals surface area contributed by atoms with Crippen molar-refractivity contribution in [2.24, 2.45) is 5.73 Å². The van der Waals surface area contributed by atoms with Crippen molar-refractivity contribution in [3.8, 4) is 23.3 Å². The average Bonchev–Trinajstić information content (AvgIpc) is 3.31. The second-order valence-corrected chi connectivity index (χ2v) is 12.1. The summed E-state index contributed by atoms with van der Waals surface area (Å²) < 4.78 is 18.4. The number of nitrogens with two attached hydrogens (primary N) is 1. The molecule has 6 rings (SSSR count). The third-order valence-corrected chi connectivity index (χ3v) is 9.20. The summed E-state index contributed by atoms with van der Waals surface area (Å²) in [6.45, 7) is 2.20. The quantitative estimate of drug-likeness (QED) is 0.146. The number of carbonyl (C=O) groups excluding carboxylic acids is 1. The summed E-state index contributed by atoms with van der Waals surface area (Å²) in [5.74, 6) is 0.0324. The van der Waals surface area contributed by atoms with Gasteiger partial charge in [0.15, 0.2) is 0 Å². The number of nitrogens with zero attached hydrogens (tertiary/aromatic N) is 1. The number of esters is 1. The van der Waals surface area contributed by atoms with Crippen LogP contribution in [0.25, 0.3) is 10.1 Å². The number of fused-ring (bicyclic) bond motifs is 2. The van der Waals surface area contributed by atoms with E-state index >= 15 is 0 Å². The number of rotatable bonds is 6. The van der Waals surface area contributed by atoms with Gasteiger partial charge in [-0.15, -0.1) is 11.3 Å². The molecule has 1 aliphatic heterocycles. The van der Waals surface area contributed by atoms with Crippen LogP contribution in [0.4, 0.5) is 0 Å². The number of allylic oxidation sites excluding steroid dienone is 1. The van der Waals surface area contributed by atoms with E-state index in [1.165, 1.54) is 11.3 Å². The number of thiophene rings is 1. The van der Waals surface area contributed by atoms with Crippen molar-refractivity contribution in [2.45, 2.75) is 19.4 Å². The molecule has 0 fully saturated rings. The molecule has 0 radical (unpaired) electrons. The molecule has 10 heteroatoms. The lowest BCUT2D eigenvalue weighted by molar-refractivity contribution is 0.0740. The van der Waals surface area contributed by atoms with Crippen LogP contribution < -0.4 is 19.9 Å². The molecule has 6 nitrogen and oxygen atoms in total. The topological polar surface area (TPSA) is 94.6 Å². The van der Waals surface area contributed by atoms with Crippen molar-refractivity contribution in [3.63, 3.8) is 0 Å². The summed E-state index contributed by atoms with van der Waals surface area (Å²) in [6.07, 6.45) is 0. The molecule has 2 heterocycles. The molecular weight excluding hydrogens is 627 g/mol. The summed E-state index contributed by atoms with van der Waals surface area (Å²) in [5, 5.41) is 12.2. The van der Waals surface area contributed by atoms with E-state index in [1.807, 2.05) is 49.4 Å². The van der Waals surface area contributed by atoms with Crippen molar-refractivity contribution < 1.29 is 19.0 Å². The smallest absolute Gasteiger partial charge is 0.355 e. The molecule has 0 spiro atoms. The highest BCUT2D eigenvalue weighted by atomic mass is 35.5. The van der Waals surface area contributed by atoms with Gasteiger partial charge in [-0.2, -0.15) is 5.26 Å². The van der Waals surface area contributed by atoms with Gasteiger partial charge in [0.1, 0.15) is 40.4 Å². The van der Waals surface area contributed by atoms with Gasteiger partial charge < -0.3 is 19.9 Å². The first-order valence-corrected chi connectivity index (χ1v) is 15.0. The van der Waals surface area contributed by atoms with Crippen molar-refractivity contribution >= 4 is 62.2 Å². The zero-order valence-electron chi connectivity index (χ0n) is 22.5. The molecule has 1 atom stereocenters.